The van der Waals surface area contributed by atoms with Gasteiger partial charge in [-0.3, -0.25) is 0 Å². The van der Waals surface area contributed by atoms with E-state index in [9.17, 15) is 0 Å². The first-order valence-electron chi connectivity index (χ1n) is 5.89. The number of benzene rings is 2. The minimum atomic E-state index is 0. The number of rotatable bonds is 3. The summed E-state index contributed by atoms with van der Waals surface area (Å²) < 4.78 is 6.01. The normalized spacial score (nSPS) is 7.26. The van der Waals surface area contributed by atoms with Crippen LogP contribution in [0.25, 0.3) is 0 Å². The Bertz CT molecular complexity index is 459. The largest absolute Gasteiger partial charge is 2.00 e. The fourth-order valence-electron chi connectivity index (χ4n) is 1.44. The summed E-state index contributed by atoms with van der Waals surface area (Å²) in [6, 6.07) is 18.1. The van der Waals surface area contributed by atoms with Crippen LogP contribution in [0.2, 0.25) is 0 Å². The van der Waals surface area contributed by atoms with Gasteiger partial charge in [-0.05, 0) is 18.2 Å². The summed E-state index contributed by atoms with van der Waals surface area (Å²) in [5.41, 5.74) is 1.38. The van der Waals surface area contributed by atoms with Gasteiger partial charge in [0.05, 0.1) is 7.11 Å². The molecule has 0 spiro atoms. The van der Waals surface area contributed by atoms with E-state index in [1.54, 1.807) is 7.11 Å². The van der Waals surface area contributed by atoms with E-state index in [-0.39, 0.29) is 97.0 Å². The Morgan fingerprint density at radius 1 is 0.913 bits per heavy atom. The van der Waals surface area contributed by atoms with Crippen molar-refractivity contribution in [1.82, 2.24) is 0 Å². The molecule has 2 aromatic rings. The number of aryl methyl sites for hydroxylation is 1. The predicted molar refractivity (Wildman–Crippen MR) is 92.3 cm³/mol. The molecule has 0 amide bonds. The van der Waals surface area contributed by atoms with Gasteiger partial charge in [-0.2, -0.15) is 6.42 Å². The molecule has 0 N–H and O–H groups in total. The second kappa shape index (κ2) is 23.7. The topological polar surface area (TPSA) is 9.23 Å². The van der Waals surface area contributed by atoms with Crippen LogP contribution in [0.1, 0.15) is 12.0 Å². The van der Waals surface area contributed by atoms with E-state index in [0.717, 1.165) is 23.1 Å². The van der Waals surface area contributed by atoms with Crippen molar-refractivity contribution in [3.63, 3.8) is 0 Å². The van der Waals surface area contributed by atoms with Crippen molar-refractivity contribution in [3.05, 3.63) is 71.6 Å². The first-order valence-corrected chi connectivity index (χ1v) is 6.68. The Kier molecular flexibility index (Phi) is 36.8. The molecule has 0 atom stereocenters. The molecule has 0 aliphatic rings. The van der Waals surface area contributed by atoms with Gasteiger partial charge in [-0.15, -0.1) is 0 Å². The van der Waals surface area contributed by atoms with Gasteiger partial charge in [0.15, 0.2) is 0 Å². The minimum absolute atomic E-state index is 0. The first-order chi connectivity index (χ1) is 8.76. The summed E-state index contributed by atoms with van der Waals surface area (Å²) in [6.45, 7) is 3.78. The van der Waals surface area contributed by atoms with Gasteiger partial charge >= 0.3 is 46.1 Å². The number of halogens is 4. The molecular weight excluding hydrogens is 576 g/mol. The molecule has 0 aromatic heterocycles. The number of methoxy groups -OCH3 is 1. The average molecular weight is 595 g/mol. The van der Waals surface area contributed by atoms with E-state index in [1.807, 2.05) is 30.3 Å². The van der Waals surface area contributed by atoms with Crippen molar-refractivity contribution in [2.45, 2.75) is 12.8 Å². The Morgan fingerprint density at radius 2 is 1.48 bits per heavy atom. The molecule has 7 heteroatoms. The molecule has 23 heavy (non-hydrogen) atoms. The van der Waals surface area contributed by atoms with Crippen LogP contribution in [0.5, 0.6) is 5.75 Å². The molecule has 1 nitrogen and oxygen atoms in total. The monoisotopic (exact) mass is 590 g/mol. The molecule has 2 rings (SSSR count). The van der Waals surface area contributed by atoms with Crippen LogP contribution in [-0.4, -0.2) is 53.2 Å². The van der Waals surface area contributed by atoms with Crippen molar-refractivity contribution in [2.75, 3.05) is 7.11 Å². The zero-order valence-electron chi connectivity index (χ0n) is 13.2. The Hall–Kier alpha value is 1.69. The van der Waals surface area contributed by atoms with E-state index in [0.29, 0.717) is 0 Å². The van der Waals surface area contributed by atoms with Crippen LogP contribution >= 0.6 is 15.9 Å². The van der Waals surface area contributed by atoms with Crippen LogP contribution in [0.15, 0.2) is 59.1 Å². The third-order valence-electron chi connectivity index (χ3n) is 2.34. The Balaban J connectivity index is -0.0000000771. The third-order valence-corrected chi connectivity index (χ3v) is 2.83. The zero-order chi connectivity index (χ0) is 13.2. The first kappa shape index (κ1) is 35.7. The molecule has 0 unspecified atom stereocenters. The molecular formula is C16H18Br4Mg2O. The molecule has 0 heterocycles. The summed E-state index contributed by atoms with van der Waals surface area (Å²) >= 11 is 3.32. The summed E-state index contributed by atoms with van der Waals surface area (Å²) in [7, 11) is 1.65. The maximum Gasteiger partial charge on any atom is 2.00 e. The fourth-order valence-corrected chi connectivity index (χ4v) is 1.82. The van der Waals surface area contributed by atoms with E-state index in [4.69, 9.17) is 4.74 Å². The van der Waals surface area contributed by atoms with E-state index < -0.39 is 0 Å². The standard InChI is InChI=1S/C9H11.C7H7BrO.3BrH.2Mg/c1-2-6-9-7-4-3-5-8-9;1-9-7-4-2-3-6(8)5-7;;;;;/h3-5,7-8H,1-2,6H2;2-5H,1H3;3*1H;;/q-1;;;;;2*+2/p-3. The van der Waals surface area contributed by atoms with Crippen LogP contribution in [-0.2, 0) is 6.42 Å². The maximum absolute atomic E-state index is 4.96. The van der Waals surface area contributed by atoms with Crippen molar-refractivity contribution < 1.29 is 55.7 Å². The van der Waals surface area contributed by atoms with Gasteiger partial charge in [-0.1, -0.05) is 64.3 Å². The van der Waals surface area contributed by atoms with Crippen LogP contribution in [0.3, 0.4) is 0 Å². The van der Waals surface area contributed by atoms with Crippen molar-refractivity contribution in [1.29, 1.82) is 0 Å². The summed E-state index contributed by atoms with van der Waals surface area (Å²) in [6.07, 6.45) is 2.09. The van der Waals surface area contributed by atoms with E-state index in [1.165, 1.54) is 5.56 Å². The smallest absolute Gasteiger partial charge is 1.00 e. The molecule has 0 bridgehead atoms. The van der Waals surface area contributed by atoms with Crippen LogP contribution in [0, 0.1) is 6.92 Å². The molecule has 0 radical (unpaired) electrons. The number of hydrogen-bond donors (Lipinski definition) is 0. The zero-order valence-corrected chi connectivity index (χ0v) is 22.3. The predicted octanol–water partition coefficient (Wildman–Crippen LogP) is -4.84. The average Bonchev–Trinajstić information content (AvgIpc) is 2.41. The molecule has 0 aliphatic carbocycles. The SMILES string of the molecule is COc1cccc(Br)c1.[Br-].[Br-].[Br-].[CH2-]CCc1ccccc1.[Mg+2].[Mg+2]. The molecule has 2 aromatic carbocycles. The van der Waals surface area contributed by atoms with Crippen molar-refractivity contribution >= 4 is 62.0 Å². The second-order valence-electron chi connectivity index (χ2n) is 3.75. The van der Waals surface area contributed by atoms with Gasteiger partial charge in [-0.25, -0.2) is 0 Å². The Labute approximate surface area is 212 Å². The van der Waals surface area contributed by atoms with Crippen molar-refractivity contribution in [3.8, 4) is 5.75 Å². The van der Waals surface area contributed by atoms with E-state index >= 15 is 0 Å². The molecule has 0 saturated carbocycles. The summed E-state index contributed by atoms with van der Waals surface area (Å²) in [5, 5.41) is 0. The van der Waals surface area contributed by atoms with Gasteiger partial charge in [0.25, 0.3) is 0 Å². The second-order valence-corrected chi connectivity index (χ2v) is 4.67. The van der Waals surface area contributed by atoms with Gasteiger partial charge in [0, 0.05) is 4.47 Å². The van der Waals surface area contributed by atoms with Gasteiger partial charge in [0.2, 0.25) is 0 Å². The molecule has 120 valence electrons. The third kappa shape index (κ3) is 18.3. The van der Waals surface area contributed by atoms with Gasteiger partial charge < -0.3 is 62.6 Å². The van der Waals surface area contributed by atoms with Crippen LogP contribution in [0.4, 0.5) is 0 Å². The number of ether oxygens (including phenoxy) is 1. The minimum Gasteiger partial charge on any atom is -1.00 e. The van der Waals surface area contributed by atoms with E-state index in [2.05, 4.69) is 47.1 Å². The molecule has 0 aliphatic heterocycles. The summed E-state index contributed by atoms with van der Waals surface area (Å²) in [5.74, 6) is 0.879. The molecule has 0 saturated heterocycles. The number of hydrogen-bond acceptors (Lipinski definition) is 1. The fraction of sp³-hybridized carbons (Fsp3) is 0.188. The van der Waals surface area contributed by atoms with Crippen molar-refractivity contribution in [2.24, 2.45) is 0 Å². The summed E-state index contributed by atoms with van der Waals surface area (Å²) in [4.78, 5) is 0. The van der Waals surface area contributed by atoms with Crippen LogP contribution < -0.4 is 55.7 Å². The Morgan fingerprint density at radius 3 is 1.87 bits per heavy atom. The quantitative estimate of drug-likeness (QED) is 0.256. The maximum atomic E-state index is 4.96. The molecule has 0 fully saturated rings. The van der Waals surface area contributed by atoms with Gasteiger partial charge in [0.1, 0.15) is 5.75 Å².